The smallest absolute Gasteiger partial charge is 0.220 e. The zero-order valence-electron chi connectivity index (χ0n) is 47.0. The summed E-state index contributed by atoms with van der Waals surface area (Å²) in [4.78, 5) is 13.1. The zero-order chi connectivity index (χ0) is 51.5. The summed E-state index contributed by atoms with van der Waals surface area (Å²) in [5, 5.41) is 54.5. The molecule has 9 heteroatoms. The molecular weight excluding hydrogens is 887 g/mol. The number of allylic oxidation sites excluding steroid dienone is 1. The molecule has 0 aliphatic carbocycles. The number of rotatable bonds is 55. The van der Waals surface area contributed by atoms with E-state index >= 15 is 0 Å². The standard InChI is InChI=1S/C62H121NO8/c1-3-5-7-9-11-13-15-17-19-20-21-22-23-24-25-26-27-28-29-30-31-32-33-34-35-36-37-38-40-42-44-46-48-50-52-58(66)63-55(54-70-62-61(69)60(68)59(67)57(53-64)71-62)56(65)51-49-47-45-43-41-39-18-16-14-12-10-8-6-4-2/h49,51,55-57,59-62,64-65,67-69H,3-48,50,52-54H2,1-2H3,(H,63,66)/b51-49+/t55-,56+,57+,59+,60?,61?,62+/m0/s1. The molecule has 2 unspecified atom stereocenters. The number of carbonyl (C=O) groups is 1. The van der Waals surface area contributed by atoms with Crippen LogP contribution < -0.4 is 5.32 Å². The molecule has 0 spiro atoms. The summed E-state index contributed by atoms with van der Waals surface area (Å²) < 4.78 is 11.3. The van der Waals surface area contributed by atoms with Crippen molar-refractivity contribution in [1.29, 1.82) is 0 Å². The zero-order valence-corrected chi connectivity index (χ0v) is 47.0. The van der Waals surface area contributed by atoms with Crippen LogP contribution in [0.15, 0.2) is 12.2 Å². The quantitative estimate of drug-likeness (QED) is 0.0261. The molecule has 1 aliphatic heterocycles. The fourth-order valence-corrected chi connectivity index (χ4v) is 10.4. The van der Waals surface area contributed by atoms with Gasteiger partial charge in [-0.05, 0) is 19.3 Å². The third-order valence-electron chi connectivity index (χ3n) is 15.4. The number of ether oxygens (including phenoxy) is 2. The predicted octanol–water partition coefficient (Wildman–Crippen LogP) is 16.0. The SMILES string of the molecule is CCCCCCCCCCCCCC/C=C/[C@@H](O)[C@H](CO[C@@H]1O[C@H](CO)[C@@H](O)C(O)C1O)NC(=O)CCCCCCCCCCCCCCCCCCCCCCCCCCCCCCCCCCCC. The largest absolute Gasteiger partial charge is 0.394 e. The Labute approximate surface area is 439 Å². The van der Waals surface area contributed by atoms with Crippen molar-refractivity contribution in [3.05, 3.63) is 12.2 Å². The highest BCUT2D eigenvalue weighted by Crippen LogP contribution is 2.23. The van der Waals surface area contributed by atoms with Crippen molar-refractivity contribution in [3.63, 3.8) is 0 Å². The molecule has 0 bridgehead atoms. The molecule has 0 saturated carbocycles. The fourth-order valence-electron chi connectivity index (χ4n) is 10.4. The van der Waals surface area contributed by atoms with E-state index in [-0.39, 0.29) is 12.5 Å². The first-order valence-electron chi connectivity index (χ1n) is 31.4. The first kappa shape index (κ1) is 67.9. The monoisotopic (exact) mass is 1010 g/mol. The number of unbranched alkanes of at least 4 members (excludes halogenated alkanes) is 45. The lowest BCUT2D eigenvalue weighted by Crippen LogP contribution is -2.60. The van der Waals surface area contributed by atoms with Gasteiger partial charge >= 0.3 is 0 Å². The van der Waals surface area contributed by atoms with Crippen molar-refractivity contribution in [3.8, 4) is 0 Å². The maximum atomic E-state index is 13.1. The molecule has 6 N–H and O–H groups in total. The van der Waals surface area contributed by atoms with Crippen LogP contribution in [0.25, 0.3) is 0 Å². The summed E-state index contributed by atoms with van der Waals surface area (Å²) in [6.45, 7) is 3.81. The number of carbonyl (C=O) groups excluding carboxylic acids is 1. The first-order chi connectivity index (χ1) is 34.8. The van der Waals surface area contributed by atoms with E-state index in [1.54, 1.807) is 6.08 Å². The van der Waals surface area contributed by atoms with Crippen molar-refractivity contribution in [2.24, 2.45) is 0 Å². The van der Waals surface area contributed by atoms with Crippen LogP contribution in [0.3, 0.4) is 0 Å². The van der Waals surface area contributed by atoms with Crippen molar-refractivity contribution in [1.82, 2.24) is 5.32 Å². The minimum atomic E-state index is -1.56. The summed E-state index contributed by atoms with van der Waals surface area (Å²) in [7, 11) is 0. The van der Waals surface area contributed by atoms with E-state index in [0.29, 0.717) is 6.42 Å². The summed E-state index contributed by atoms with van der Waals surface area (Å²) >= 11 is 0. The Morgan fingerprint density at radius 3 is 1.10 bits per heavy atom. The minimum absolute atomic E-state index is 0.170. The average molecular weight is 1010 g/mol. The summed E-state index contributed by atoms with van der Waals surface area (Å²) in [6, 6.07) is -0.800. The van der Waals surface area contributed by atoms with E-state index in [2.05, 4.69) is 19.2 Å². The fraction of sp³-hybridized carbons (Fsp3) is 0.952. The van der Waals surface area contributed by atoms with E-state index in [1.807, 2.05) is 6.08 Å². The first-order valence-corrected chi connectivity index (χ1v) is 31.4. The highest BCUT2D eigenvalue weighted by Gasteiger charge is 2.44. The van der Waals surface area contributed by atoms with Gasteiger partial charge in [0.25, 0.3) is 0 Å². The average Bonchev–Trinajstić information content (AvgIpc) is 3.37. The van der Waals surface area contributed by atoms with Gasteiger partial charge in [-0.1, -0.05) is 309 Å². The molecule has 0 aromatic heterocycles. The third-order valence-corrected chi connectivity index (χ3v) is 15.4. The molecule has 1 fully saturated rings. The minimum Gasteiger partial charge on any atom is -0.394 e. The van der Waals surface area contributed by atoms with Crippen molar-refractivity contribution >= 4 is 5.91 Å². The van der Waals surface area contributed by atoms with E-state index in [4.69, 9.17) is 9.47 Å². The number of hydrogen-bond donors (Lipinski definition) is 6. The van der Waals surface area contributed by atoms with Crippen molar-refractivity contribution in [2.45, 2.75) is 365 Å². The van der Waals surface area contributed by atoms with Gasteiger partial charge in [0, 0.05) is 6.42 Å². The van der Waals surface area contributed by atoms with Gasteiger partial charge in [-0.25, -0.2) is 0 Å². The van der Waals surface area contributed by atoms with E-state index in [1.165, 1.54) is 263 Å². The Hall–Kier alpha value is -1.07. The van der Waals surface area contributed by atoms with E-state index in [9.17, 15) is 30.3 Å². The van der Waals surface area contributed by atoms with Crippen LogP contribution >= 0.6 is 0 Å². The number of aliphatic hydroxyl groups is 5. The Morgan fingerprint density at radius 2 is 0.775 bits per heavy atom. The molecule has 1 amide bonds. The van der Waals surface area contributed by atoms with Gasteiger partial charge in [0.1, 0.15) is 24.4 Å². The molecular formula is C62H121NO8. The molecule has 1 aliphatic rings. The van der Waals surface area contributed by atoms with Crippen molar-refractivity contribution in [2.75, 3.05) is 13.2 Å². The molecule has 7 atom stereocenters. The van der Waals surface area contributed by atoms with Gasteiger partial charge in [0.2, 0.25) is 5.91 Å². The maximum absolute atomic E-state index is 13.1. The predicted molar refractivity (Wildman–Crippen MR) is 300 cm³/mol. The Bertz CT molecular complexity index is 1120. The molecule has 0 aromatic rings. The van der Waals surface area contributed by atoms with Gasteiger partial charge < -0.3 is 40.3 Å². The Kier molecular flexibility index (Phi) is 50.1. The number of aliphatic hydroxyl groups excluding tert-OH is 5. The molecule has 1 heterocycles. The second kappa shape index (κ2) is 52.4. The van der Waals surface area contributed by atoms with Crippen LogP contribution in [0.5, 0.6) is 0 Å². The number of nitrogens with one attached hydrogen (secondary N) is 1. The molecule has 1 saturated heterocycles. The summed E-state index contributed by atoms with van der Waals surface area (Å²) in [5.41, 5.74) is 0. The third kappa shape index (κ3) is 41.8. The van der Waals surface area contributed by atoms with Gasteiger partial charge in [-0.3, -0.25) is 4.79 Å². The van der Waals surface area contributed by atoms with Crippen LogP contribution in [-0.4, -0.2) is 87.5 Å². The normalized spacial score (nSPS) is 19.2. The lowest BCUT2D eigenvalue weighted by atomic mass is 9.99. The molecule has 422 valence electrons. The number of amides is 1. The topological polar surface area (TPSA) is 149 Å². The Balaban J connectivity index is 2.07. The Morgan fingerprint density at radius 1 is 0.465 bits per heavy atom. The summed E-state index contributed by atoms with van der Waals surface area (Å²) in [6.07, 6.45) is 58.9. The summed E-state index contributed by atoms with van der Waals surface area (Å²) in [5.74, 6) is -0.170. The molecule has 9 nitrogen and oxygen atoms in total. The van der Waals surface area contributed by atoms with Crippen LogP contribution in [0.2, 0.25) is 0 Å². The van der Waals surface area contributed by atoms with Gasteiger partial charge in [0.05, 0.1) is 25.4 Å². The number of hydrogen-bond acceptors (Lipinski definition) is 8. The molecule has 0 radical (unpaired) electrons. The van der Waals surface area contributed by atoms with Crippen LogP contribution in [0.1, 0.15) is 322 Å². The molecule has 1 rings (SSSR count). The van der Waals surface area contributed by atoms with Crippen LogP contribution in [0.4, 0.5) is 0 Å². The van der Waals surface area contributed by atoms with Crippen LogP contribution in [0, 0.1) is 0 Å². The lowest BCUT2D eigenvalue weighted by molar-refractivity contribution is -0.302. The maximum Gasteiger partial charge on any atom is 0.220 e. The highest BCUT2D eigenvalue weighted by atomic mass is 16.7. The van der Waals surface area contributed by atoms with E-state index < -0.39 is 49.5 Å². The lowest BCUT2D eigenvalue weighted by Gasteiger charge is -2.40. The second-order valence-corrected chi connectivity index (χ2v) is 22.2. The van der Waals surface area contributed by atoms with Crippen LogP contribution in [-0.2, 0) is 14.3 Å². The second-order valence-electron chi connectivity index (χ2n) is 22.2. The van der Waals surface area contributed by atoms with Gasteiger partial charge in [0.15, 0.2) is 6.29 Å². The van der Waals surface area contributed by atoms with Gasteiger partial charge in [-0.2, -0.15) is 0 Å². The molecule has 71 heavy (non-hydrogen) atoms. The highest BCUT2D eigenvalue weighted by molar-refractivity contribution is 5.76. The molecule has 0 aromatic carbocycles. The van der Waals surface area contributed by atoms with Gasteiger partial charge in [-0.15, -0.1) is 0 Å². The van der Waals surface area contributed by atoms with Crippen molar-refractivity contribution < 1.29 is 39.8 Å². The van der Waals surface area contributed by atoms with E-state index in [0.717, 1.165) is 38.5 Å².